The van der Waals surface area contributed by atoms with Crippen LogP contribution in [0, 0.1) is 5.92 Å². The zero-order valence-corrected chi connectivity index (χ0v) is 15.5. The summed E-state index contributed by atoms with van der Waals surface area (Å²) in [5, 5.41) is 5.63. The van der Waals surface area contributed by atoms with Crippen LogP contribution in [0.1, 0.15) is 37.9 Å². The van der Waals surface area contributed by atoms with Gasteiger partial charge in [-0.3, -0.25) is 9.59 Å². The average Bonchev–Trinajstić information content (AvgIpc) is 2.67. The molecule has 9 heteroatoms. The summed E-state index contributed by atoms with van der Waals surface area (Å²) in [7, 11) is 3.78. The molecular weight excluding hydrogens is 334 g/mol. The molecule has 142 valence electrons. The fourth-order valence-electron chi connectivity index (χ4n) is 3.18. The number of amides is 2. The molecule has 2 aliphatic rings. The first-order chi connectivity index (χ1) is 12.5. The first-order valence-electron chi connectivity index (χ1n) is 9.24. The third-order valence-electron chi connectivity index (χ3n) is 4.75. The van der Waals surface area contributed by atoms with Gasteiger partial charge in [0.2, 0.25) is 23.7 Å². The molecule has 0 aliphatic carbocycles. The van der Waals surface area contributed by atoms with Gasteiger partial charge < -0.3 is 20.4 Å². The van der Waals surface area contributed by atoms with Crippen LogP contribution >= 0.6 is 0 Å². The number of carbonyl (C=O) groups is 2. The Labute approximate surface area is 153 Å². The predicted molar refractivity (Wildman–Crippen MR) is 97.8 cm³/mol. The van der Waals surface area contributed by atoms with Crippen LogP contribution in [0.5, 0.6) is 0 Å². The van der Waals surface area contributed by atoms with Gasteiger partial charge >= 0.3 is 0 Å². The number of nitrogens with one attached hydrogen (secondary N) is 2. The van der Waals surface area contributed by atoms with Crippen molar-refractivity contribution >= 4 is 23.7 Å². The number of carbonyl (C=O) groups excluding carboxylic acids is 2. The van der Waals surface area contributed by atoms with Crippen LogP contribution in [-0.4, -0.2) is 60.5 Å². The van der Waals surface area contributed by atoms with E-state index in [-0.39, 0.29) is 24.3 Å². The summed E-state index contributed by atoms with van der Waals surface area (Å²) in [6, 6.07) is 0. The topological polar surface area (TPSA) is 103 Å². The number of nitrogens with zero attached hydrogens (tertiary/aromatic N) is 5. The molecule has 1 aromatic heterocycles. The number of piperidine rings is 2. The number of anilines is 2. The van der Waals surface area contributed by atoms with E-state index in [2.05, 4.69) is 30.5 Å². The van der Waals surface area contributed by atoms with Crippen LogP contribution in [-0.2, 0) is 16.1 Å². The van der Waals surface area contributed by atoms with Crippen molar-refractivity contribution in [1.82, 2.24) is 25.6 Å². The molecule has 0 bridgehead atoms. The van der Waals surface area contributed by atoms with Crippen LogP contribution in [0.15, 0.2) is 0 Å². The van der Waals surface area contributed by atoms with Gasteiger partial charge in [-0.2, -0.15) is 15.0 Å². The van der Waals surface area contributed by atoms with Gasteiger partial charge in [0.05, 0.1) is 12.5 Å². The van der Waals surface area contributed by atoms with Gasteiger partial charge in [-0.05, 0) is 25.7 Å². The summed E-state index contributed by atoms with van der Waals surface area (Å²) in [6.07, 6.45) is 4.50. The van der Waals surface area contributed by atoms with Gasteiger partial charge in [0, 0.05) is 40.2 Å². The molecule has 2 saturated heterocycles. The lowest BCUT2D eigenvalue weighted by Crippen LogP contribution is -2.43. The van der Waals surface area contributed by atoms with E-state index in [1.165, 1.54) is 6.42 Å². The maximum absolute atomic E-state index is 12.3. The lowest BCUT2D eigenvalue weighted by atomic mass is 9.98. The van der Waals surface area contributed by atoms with Crippen LogP contribution in [0.3, 0.4) is 0 Å². The fraction of sp³-hybridized carbons (Fsp3) is 0.706. The molecule has 2 fully saturated rings. The van der Waals surface area contributed by atoms with E-state index in [0.29, 0.717) is 37.1 Å². The van der Waals surface area contributed by atoms with Crippen molar-refractivity contribution in [1.29, 1.82) is 0 Å². The first kappa shape index (κ1) is 18.3. The zero-order valence-electron chi connectivity index (χ0n) is 15.5. The van der Waals surface area contributed by atoms with Crippen LogP contribution in [0.25, 0.3) is 0 Å². The smallest absolute Gasteiger partial charge is 0.230 e. The SMILES string of the molecule is CN(C)c1nc(CNC(=O)C2CCC(=O)NC2)nc(N2CCCCC2)n1. The van der Waals surface area contributed by atoms with Gasteiger partial charge in [0.1, 0.15) is 0 Å². The lowest BCUT2D eigenvalue weighted by molar-refractivity contribution is -0.129. The highest BCUT2D eigenvalue weighted by molar-refractivity contribution is 5.83. The molecule has 9 nitrogen and oxygen atoms in total. The molecular formula is C17H27N7O2. The van der Waals surface area contributed by atoms with Crippen molar-refractivity contribution < 1.29 is 9.59 Å². The summed E-state index contributed by atoms with van der Waals surface area (Å²) in [4.78, 5) is 41.1. The van der Waals surface area contributed by atoms with E-state index >= 15 is 0 Å². The van der Waals surface area contributed by atoms with Crippen LogP contribution in [0.2, 0.25) is 0 Å². The molecule has 2 N–H and O–H groups in total. The maximum atomic E-state index is 12.3. The minimum Gasteiger partial charge on any atom is -0.355 e. The Morgan fingerprint density at radius 3 is 2.65 bits per heavy atom. The monoisotopic (exact) mass is 361 g/mol. The van der Waals surface area contributed by atoms with Crippen molar-refractivity contribution in [3.63, 3.8) is 0 Å². The Hall–Kier alpha value is -2.45. The van der Waals surface area contributed by atoms with Crippen molar-refractivity contribution in [2.24, 2.45) is 5.92 Å². The summed E-state index contributed by atoms with van der Waals surface area (Å²) < 4.78 is 0. The normalized spacial score (nSPS) is 20.5. The predicted octanol–water partition coefficient (Wildman–Crippen LogP) is 0.0703. The van der Waals surface area contributed by atoms with Crippen molar-refractivity contribution in [2.45, 2.75) is 38.6 Å². The Balaban J connectivity index is 1.67. The van der Waals surface area contributed by atoms with Gasteiger partial charge in [-0.15, -0.1) is 0 Å². The highest BCUT2D eigenvalue weighted by atomic mass is 16.2. The zero-order chi connectivity index (χ0) is 18.5. The Morgan fingerprint density at radius 2 is 2.00 bits per heavy atom. The van der Waals surface area contributed by atoms with Crippen molar-refractivity contribution in [3.05, 3.63) is 5.82 Å². The summed E-state index contributed by atoms with van der Waals surface area (Å²) in [5.74, 6) is 1.57. The average molecular weight is 361 g/mol. The van der Waals surface area contributed by atoms with E-state index in [0.717, 1.165) is 25.9 Å². The molecule has 0 aromatic carbocycles. The Bertz CT molecular complexity index is 649. The lowest BCUT2D eigenvalue weighted by Gasteiger charge is -2.27. The van der Waals surface area contributed by atoms with Gasteiger partial charge in [-0.1, -0.05) is 0 Å². The first-order valence-corrected chi connectivity index (χ1v) is 9.24. The minimum absolute atomic E-state index is 0.00770. The standard InChI is InChI=1S/C17H27N7O2/c1-23(2)16-20-13(21-17(22-16)24-8-4-3-5-9-24)11-19-15(26)12-6-7-14(25)18-10-12/h12H,3-11H2,1-2H3,(H,18,25)(H,19,26). The van der Waals surface area contributed by atoms with E-state index in [9.17, 15) is 9.59 Å². The maximum Gasteiger partial charge on any atom is 0.230 e. The molecule has 3 heterocycles. The number of hydrogen-bond donors (Lipinski definition) is 2. The molecule has 1 unspecified atom stereocenters. The largest absolute Gasteiger partial charge is 0.355 e. The van der Waals surface area contributed by atoms with E-state index < -0.39 is 0 Å². The van der Waals surface area contributed by atoms with E-state index in [1.54, 1.807) is 0 Å². The molecule has 26 heavy (non-hydrogen) atoms. The van der Waals surface area contributed by atoms with Gasteiger partial charge in [0.15, 0.2) is 5.82 Å². The Morgan fingerprint density at radius 1 is 1.23 bits per heavy atom. The second-order valence-electron chi connectivity index (χ2n) is 7.05. The molecule has 0 spiro atoms. The summed E-state index contributed by atoms with van der Waals surface area (Å²) in [6.45, 7) is 2.55. The van der Waals surface area contributed by atoms with Crippen molar-refractivity contribution in [2.75, 3.05) is 43.5 Å². The van der Waals surface area contributed by atoms with E-state index in [1.807, 2.05) is 19.0 Å². The summed E-state index contributed by atoms with van der Waals surface area (Å²) in [5.41, 5.74) is 0. The highest BCUT2D eigenvalue weighted by Crippen LogP contribution is 2.18. The molecule has 0 radical (unpaired) electrons. The molecule has 1 aromatic rings. The number of hydrogen-bond acceptors (Lipinski definition) is 7. The molecule has 0 saturated carbocycles. The number of rotatable bonds is 5. The van der Waals surface area contributed by atoms with Crippen molar-refractivity contribution in [3.8, 4) is 0 Å². The molecule has 1 atom stereocenters. The quantitative estimate of drug-likeness (QED) is 0.765. The van der Waals surface area contributed by atoms with E-state index in [4.69, 9.17) is 0 Å². The van der Waals surface area contributed by atoms with Gasteiger partial charge in [-0.25, -0.2) is 0 Å². The fourth-order valence-corrected chi connectivity index (χ4v) is 3.18. The highest BCUT2D eigenvalue weighted by Gasteiger charge is 2.24. The molecule has 3 rings (SSSR count). The molecule has 2 aliphatic heterocycles. The van der Waals surface area contributed by atoms with Crippen LogP contribution < -0.4 is 20.4 Å². The van der Waals surface area contributed by atoms with Crippen LogP contribution in [0.4, 0.5) is 11.9 Å². The second kappa shape index (κ2) is 8.29. The summed E-state index contributed by atoms with van der Waals surface area (Å²) >= 11 is 0. The third kappa shape index (κ3) is 4.59. The number of aromatic nitrogens is 3. The molecule has 2 amide bonds. The van der Waals surface area contributed by atoms with Gasteiger partial charge in [0.25, 0.3) is 0 Å². The second-order valence-corrected chi connectivity index (χ2v) is 7.05. The Kier molecular flexibility index (Phi) is 5.85. The minimum atomic E-state index is -0.190. The third-order valence-corrected chi connectivity index (χ3v) is 4.75.